The minimum Gasteiger partial charge on any atom is -0.396 e. The molecule has 0 unspecified atom stereocenters. The van der Waals surface area contributed by atoms with E-state index in [1.807, 2.05) is 36.4 Å². The predicted octanol–water partition coefficient (Wildman–Crippen LogP) is 2.90. The number of nitrogens with zero attached hydrogens (tertiary/aromatic N) is 2. The molecular formula is C14H18Cl2N2O. The number of hydrogen-bond donors (Lipinski definition) is 1. The standard InChI is InChI=1S/C7H8ClN.C7H9NO.ClH/c8-5-4-7-3-1-2-6-9-7;9-6-4-7-3-1-2-5-8-7;/h1-3,6H,4-5H2;1-3,5,9H,4,6H2;1H. The van der Waals surface area contributed by atoms with Gasteiger partial charge in [-0.1, -0.05) is 12.1 Å². The number of halogens is 2. The Morgan fingerprint density at radius 1 is 0.895 bits per heavy atom. The van der Waals surface area contributed by atoms with Crippen LogP contribution < -0.4 is 0 Å². The summed E-state index contributed by atoms with van der Waals surface area (Å²) in [6.07, 6.45) is 5.02. The van der Waals surface area contributed by atoms with E-state index in [2.05, 4.69) is 9.97 Å². The van der Waals surface area contributed by atoms with Gasteiger partial charge in [0.05, 0.1) is 0 Å². The molecular weight excluding hydrogens is 283 g/mol. The van der Waals surface area contributed by atoms with Crippen LogP contribution in [0.5, 0.6) is 0 Å². The molecule has 0 aliphatic rings. The van der Waals surface area contributed by atoms with Crippen molar-refractivity contribution in [2.75, 3.05) is 12.5 Å². The molecule has 0 fully saturated rings. The highest BCUT2D eigenvalue weighted by Crippen LogP contribution is 1.94. The summed E-state index contributed by atoms with van der Waals surface area (Å²) in [7, 11) is 0. The molecule has 0 aliphatic heterocycles. The topological polar surface area (TPSA) is 46.0 Å². The summed E-state index contributed by atoms with van der Waals surface area (Å²) in [5, 5.41) is 8.48. The third-order valence-electron chi connectivity index (χ3n) is 2.17. The van der Waals surface area contributed by atoms with Gasteiger partial charge < -0.3 is 5.11 Å². The van der Waals surface area contributed by atoms with E-state index >= 15 is 0 Å². The van der Waals surface area contributed by atoms with Crippen LogP contribution in [0.25, 0.3) is 0 Å². The van der Waals surface area contributed by atoms with Crippen LogP contribution >= 0.6 is 24.0 Å². The van der Waals surface area contributed by atoms with Gasteiger partial charge in [0.1, 0.15) is 0 Å². The van der Waals surface area contributed by atoms with E-state index in [0.29, 0.717) is 12.3 Å². The molecule has 0 radical (unpaired) electrons. The van der Waals surface area contributed by atoms with Gasteiger partial charge in [-0.25, -0.2) is 0 Å². The van der Waals surface area contributed by atoms with Gasteiger partial charge in [-0.2, -0.15) is 0 Å². The second-order valence-electron chi connectivity index (χ2n) is 3.55. The number of aromatic nitrogens is 2. The van der Waals surface area contributed by atoms with Crippen molar-refractivity contribution in [1.29, 1.82) is 0 Å². The molecule has 5 heteroatoms. The lowest BCUT2D eigenvalue weighted by atomic mass is 10.3. The van der Waals surface area contributed by atoms with Gasteiger partial charge in [0.25, 0.3) is 0 Å². The fourth-order valence-electron chi connectivity index (χ4n) is 1.30. The summed E-state index contributed by atoms with van der Waals surface area (Å²) in [6.45, 7) is 0.178. The van der Waals surface area contributed by atoms with Crippen LogP contribution in [0.1, 0.15) is 11.4 Å². The number of aliphatic hydroxyl groups excluding tert-OH is 1. The van der Waals surface area contributed by atoms with E-state index in [4.69, 9.17) is 16.7 Å². The molecule has 2 aromatic rings. The van der Waals surface area contributed by atoms with Crippen molar-refractivity contribution >= 4 is 24.0 Å². The van der Waals surface area contributed by atoms with Crippen LogP contribution in [-0.4, -0.2) is 27.6 Å². The first-order valence-electron chi connectivity index (χ1n) is 5.83. The van der Waals surface area contributed by atoms with Gasteiger partial charge in [0, 0.05) is 49.1 Å². The summed E-state index contributed by atoms with van der Waals surface area (Å²) < 4.78 is 0. The Labute approximate surface area is 125 Å². The second kappa shape index (κ2) is 11.9. The van der Waals surface area contributed by atoms with Crippen LogP contribution in [0.15, 0.2) is 48.8 Å². The minimum absolute atomic E-state index is 0. The highest BCUT2D eigenvalue weighted by atomic mass is 35.5. The molecule has 1 N–H and O–H groups in total. The van der Waals surface area contributed by atoms with E-state index in [0.717, 1.165) is 17.8 Å². The largest absolute Gasteiger partial charge is 0.396 e. The molecule has 0 saturated heterocycles. The van der Waals surface area contributed by atoms with Crippen LogP contribution in [-0.2, 0) is 12.8 Å². The zero-order chi connectivity index (χ0) is 13.1. The zero-order valence-electron chi connectivity index (χ0n) is 10.6. The van der Waals surface area contributed by atoms with Crippen molar-refractivity contribution < 1.29 is 5.11 Å². The van der Waals surface area contributed by atoms with E-state index in [9.17, 15) is 0 Å². The van der Waals surface area contributed by atoms with Crippen molar-refractivity contribution in [3.63, 3.8) is 0 Å². The molecule has 0 atom stereocenters. The monoisotopic (exact) mass is 300 g/mol. The van der Waals surface area contributed by atoms with Crippen molar-refractivity contribution in [1.82, 2.24) is 9.97 Å². The highest BCUT2D eigenvalue weighted by molar-refractivity contribution is 6.17. The average Bonchev–Trinajstić information content (AvgIpc) is 2.43. The van der Waals surface area contributed by atoms with Gasteiger partial charge in [-0.15, -0.1) is 24.0 Å². The van der Waals surface area contributed by atoms with E-state index < -0.39 is 0 Å². The van der Waals surface area contributed by atoms with Gasteiger partial charge >= 0.3 is 0 Å². The van der Waals surface area contributed by atoms with Gasteiger partial charge in [0.15, 0.2) is 0 Å². The van der Waals surface area contributed by atoms with Crippen molar-refractivity contribution in [2.45, 2.75) is 12.8 Å². The molecule has 2 rings (SSSR count). The third kappa shape index (κ3) is 8.54. The molecule has 104 valence electrons. The minimum atomic E-state index is 0. The summed E-state index contributed by atoms with van der Waals surface area (Å²) in [5.41, 5.74) is 2.01. The first kappa shape index (κ1) is 17.8. The van der Waals surface area contributed by atoms with Crippen molar-refractivity contribution in [3.05, 3.63) is 60.2 Å². The fourth-order valence-corrected chi connectivity index (χ4v) is 1.50. The number of aliphatic hydroxyl groups is 1. The summed E-state index contributed by atoms with van der Waals surface area (Å²) in [5.74, 6) is 0.650. The average molecular weight is 301 g/mol. The lowest BCUT2D eigenvalue weighted by Crippen LogP contribution is -1.91. The molecule has 2 aromatic heterocycles. The van der Waals surface area contributed by atoms with Gasteiger partial charge in [0.2, 0.25) is 0 Å². The fraction of sp³-hybridized carbons (Fsp3) is 0.286. The first-order chi connectivity index (χ1) is 8.86. The second-order valence-corrected chi connectivity index (χ2v) is 3.93. The Hall–Kier alpha value is -1.16. The quantitative estimate of drug-likeness (QED) is 0.883. The summed E-state index contributed by atoms with van der Waals surface area (Å²) in [4.78, 5) is 8.09. The van der Waals surface area contributed by atoms with Crippen molar-refractivity contribution in [3.8, 4) is 0 Å². The molecule has 0 aromatic carbocycles. The van der Waals surface area contributed by atoms with E-state index in [1.54, 1.807) is 12.4 Å². The number of rotatable bonds is 4. The number of alkyl halides is 1. The Morgan fingerprint density at radius 3 is 1.79 bits per heavy atom. The van der Waals surface area contributed by atoms with Gasteiger partial charge in [-0.3, -0.25) is 9.97 Å². The highest BCUT2D eigenvalue weighted by Gasteiger charge is 1.88. The maximum Gasteiger partial charge on any atom is 0.0486 e. The lowest BCUT2D eigenvalue weighted by molar-refractivity contribution is 0.298. The zero-order valence-corrected chi connectivity index (χ0v) is 12.1. The third-order valence-corrected chi connectivity index (χ3v) is 2.36. The molecule has 0 aliphatic carbocycles. The molecule has 19 heavy (non-hydrogen) atoms. The van der Waals surface area contributed by atoms with Crippen LogP contribution in [0.4, 0.5) is 0 Å². The normalized spacial score (nSPS) is 8.95. The number of pyridine rings is 2. The van der Waals surface area contributed by atoms with Crippen LogP contribution in [0.2, 0.25) is 0 Å². The SMILES string of the molecule is Cl.ClCCc1ccccn1.OCCc1ccccn1. The number of aryl methyl sites for hydroxylation is 1. The lowest BCUT2D eigenvalue weighted by Gasteiger charge is -1.92. The smallest absolute Gasteiger partial charge is 0.0486 e. The summed E-state index contributed by atoms with van der Waals surface area (Å²) >= 11 is 5.50. The maximum absolute atomic E-state index is 8.48. The molecule has 2 heterocycles. The molecule has 0 saturated carbocycles. The Morgan fingerprint density at radius 2 is 1.42 bits per heavy atom. The van der Waals surface area contributed by atoms with Crippen molar-refractivity contribution in [2.24, 2.45) is 0 Å². The molecule has 0 amide bonds. The Bertz CT molecular complexity index is 371. The predicted molar refractivity (Wildman–Crippen MR) is 80.9 cm³/mol. The number of hydrogen-bond acceptors (Lipinski definition) is 3. The van der Waals surface area contributed by atoms with Gasteiger partial charge in [-0.05, 0) is 24.3 Å². The molecule has 3 nitrogen and oxygen atoms in total. The summed E-state index contributed by atoms with van der Waals surface area (Å²) in [6, 6.07) is 11.5. The maximum atomic E-state index is 8.48. The van der Waals surface area contributed by atoms with Crippen LogP contribution in [0.3, 0.4) is 0 Å². The Balaban J connectivity index is 0.000000324. The van der Waals surface area contributed by atoms with E-state index in [1.165, 1.54) is 0 Å². The van der Waals surface area contributed by atoms with Crippen LogP contribution in [0, 0.1) is 0 Å². The molecule has 0 bridgehead atoms. The Kier molecular flexibility index (Phi) is 11.2. The first-order valence-corrected chi connectivity index (χ1v) is 6.37. The van der Waals surface area contributed by atoms with E-state index in [-0.39, 0.29) is 19.0 Å². The molecule has 0 spiro atoms.